The van der Waals surface area contributed by atoms with Crippen molar-refractivity contribution in [1.82, 2.24) is 0 Å². The third-order valence-corrected chi connectivity index (χ3v) is 4.26. The lowest BCUT2D eigenvalue weighted by Gasteiger charge is -2.11. The number of benzene rings is 1. The van der Waals surface area contributed by atoms with E-state index in [2.05, 4.69) is 21.2 Å². The molecule has 1 saturated heterocycles. The number of anilines is 1. The van der Waals surface area contributed by atoms with Crippen LogP contribution < -0.4 is 5.32 Å². The Kier molecular flexibility index (Phi) is 3.92. The second-order valence-corrected chi connectivity index (χ2v) is 5.80. The van der Waals surface area contributed by atoms with E-state index in [9.17, 15) is 4.39 Å². The van der Waals surface area contributed by atoms with Crippen LogP contribution in [-0.4, -0.2) is 18.1 Å². The van der Waals surface area contributed by atoms with E-state index in [0.29, 0.717) is 11.6 Å². The summed E-state index contributed by atoms with van der Waals surface area (Å²) in [4.78, 5) is 0. The number of nitrogens with one attached hydrogen (secondary N) is 1. The van der Waals surface area contributed by atoms with Crippen LogP contribution in [0.1, 0.15) is 6.42 Å². The molecule has 0 saturated carbocycles. The van der Waals surface area contributed by atoms with E-state index in [1.807, 2.05) is 17.8 Å². The van der Waals surface area contributed by atoms with Gasteiger partial charge >= 0.3 is 0 Å². The van der Waals surface area contributed by atoms with Crippen molar-refractivity contribution in [1.29, 1.82) is 0 Å². The average Bonchev–Trinajstić information content (AvgIpc) is 2.69. The van der Waals surface area contributed by atoms with Crippen LogP contribution in [0.2, 0.25) is 0 Å². The van der Waals surface area contributed by atoms with Gasteiger partial charge in [-0.3, -0.25) is 0 Å². The second kappa shape index (κ2) is 5.21. The van der Waals surface area contributed by atoms with Gasteiger partial charge in [-0.2, -0.15) is 11.8 Å². The molecule has 1 fully saturated rings. The normalized spacial score (nSPS) is 20.5. The van der Waals surface area contributed by atoms with Crippen molar-refractivity contribution < 1.29 is 4.39 Å². The Morgan fingerprint density at radius 2 is 2.40 bits per heavy atom. The SMILES string of the molecule is Fc1cc(Br)ccc1NCC1CCSC1. The smallest absolute Gasteiger partial charge is 0.147 e. The van der Waals surface area contributed by atoms with Crippen LogP contribution in [0.5, 0.6) is 0 Å². The zero-order valence-corrected chi connectivity index (χ0v) is 10.7. The van der Waals surface area contributed by atoms with Crippen LogP contribution in [0.25, 0.3) is 0 Å². The first kappa shape index (κ1) is 11.3. The summed E-state index contributed by atoms with van der Waals surface area (Å²) in [6.07, 6.45) is 1.25. The molecule has 1 aromatic carbocycles. The van der Waals surface area contributed by atoms with Gasteiger partial charge in [-0.25, -0.2) is 4.39 Å². The first-order chi connectivity index (χ1) is 7.25. The molecule has 1 heterocycles. The molecule has 1 aliphatic rings. The summed E-state index contributed by atoms with van der Waals surface area (Å²) in [7, 11) is 0. The largest absolute Gasteiger partial charge is 0.382 e. The maximum Gasteiger partial charge on any atom is 0.147 e. The fourth-order valence-electron chi connectivity index (χ4n) is 1.63. The molecule has 1 nitrogen and oxygen atoms in total. The average molecular weight is 290 g/mol. The summed E-state index contributed by atoms with van der Waals surface area (Å²) in [6.45, 7) is 0.881. The van der Waals surface area contributed by atoms with Gasteiger partial charge in [-0.1, -0.05) is 15.9 Å². The lowest BCUT2D eigenvalue weighted by atomic mass is 10.1. The molecule has 0 aromatic heterocycles. The minimum absolute atomic E-state index is 0.185. The highest BCUT2D eigenvalue weighted by molar-refractivity contribution is 9.10. The molecule has 0 radical (unpaired) electrons. The maximum absolute atomic E-state index is 13.4. The van der Waals surface area contributed by atoms with Crippen molar-refractivity contribution >= 4 is 33.4 Å². The molecule has 0 aliphatic carbocycles. The Bertz CT molecular complexity index is 339. The van der Waals surface area contributed by atoms with Crippen LogP contribution in [0.15, 0.2) is 22.7 Å². The van der Waals surface area contributed by atoms with Gasteiger partial charge in [0.1, 0.15) is 5.82 Å². The fraction of sp³-hybridized carbons (Fsp3) is 0.455. The number of hydrogen-bond acceptors (Lipinski definition) is 2. The molecule has 1 aliphatic heterocycles. The lowest BCUT2D eigenvalue weighted by molar-refractivity contribution is 0.610. The highest BCUT2D eigenvalue weighted by Gasteiger charge is 2.15. The molecule has 1 N–H and O–H groups in total. The molecule has 1 aromatic rings. The van der Waals surface area contributed by atoms with Gasteiger partial charge in [0.05, 0.1) is 5.69 Å². The maximum atomic E-state index is 13.4. The van der Waals surface area contributed by atoms with Gasteiger partial charge in [0.15, 0.2) is 0 Å². The monoisotopic (exact) mass is 289 g/mol. The minimum Gasteiger partial charge on any atom is -0.382 e. The van der Waals surface area contributed by atoms with E-state index in [1.165, 1.54) is 24.0 Å². The van der Waals surface area contributed by atoms with Crippen LogP contribution in [0.3, 0.4) is 0 Å². The van der Waals surface area contributed by atoms with Crippen molar-refractivity contribution in [3.63, 3.8) is 0 Å². The molecule has 1 atom stereocenters. The lowest BCUT2D eigenvalue weighted by Crippen LogP contribution is -2.14. The Balaban J connectivity index is 1.92. The van der Waals surface area contributed by atoms with Gasteiger partial charge in [0, 0.05) is 11.0 Å². The van der Waals surface area contributed by atoms with Crippen molar-refractivity contribution in [2.75, 3.05) is 23.4 Å². The molecular formula is C11H13BrFNS. The molecule has 82 valence electrons. The first-order valence-corrected chi connectivity index (χ1v) is 6.97. The van der Waals surface area contributed by atoms with Crippen LogP contribution in [0, 0.1) is 11.7 Å². The van der Waals surface area contributed by atoms with Gasteiger partial charge in [0.25, 0.3) is 0 Å². The second-order valence-electron chi connectivity index (χ2n) is 3.73. The highest BCUT2D eigenvalue weighted by Crippen LogP contribution is 2.25. The number of hydrogen-bond donors (Lipinski definition) is 1. The van der Waals surface area contributed by atoms with E-state index in [-0.39, 0.29) is 5.82 Å². The summed E-state index contributed by atoms with van der Waals surface area (Å²) in [6, 6.07) is 5.13. The number of rotatable bonds is 3. The van der Waals surface area contributed by atoms with E-state index < -0.39 is 0 Å². The number of halogens is 2. The molecule has 0 amide bonds. The first-order valence-electron chi connectivity index (χ1n) is 5.02. The third-order valence-electron chi connectivity index (χ3n) is 2.54. The fourth-order valence-corrected chi connectivity index (χ4v) is 3.25. The van der Waals surface area contributed by atoms with Crippen molar-refractivity contribution in [3.8, 4) is 0 Å². The topological polar surface area (TPSA) is 12.0 Å². The minimum atomic E-state index is -0.185. The molecular weight excluding hydrogens is 277 g/mol. The molecule has 0 spiro atoms. The summed E-state index contributed by atoms with van der Waals surface area (Å²) >= 11 is 5.23. The Hall–Kier alpha value is -0.220. The third kappa shape index (κ3) is 3.11. The quantitative estimate of drug-likeness (QED) is 0.910. The number of thioether (sulfide) groups is 1. The Labute approximate surface area is 102 Å². The van der Waals surface area contributed by atoms with Crippen molar-refractivity contribution in [2.45, 2.75) is 6.42 Å². The Morgan fingerprint density at radius 3 is 3.07 bits per heavy atom. The van der Waals surface area contributed by atoms with Gasteiger partial charge < -0.3 is 5.32 Å². The standard InChI is InChI=1S/C11H13BrFNS/c12-9-1-2-11(10(13)5-9)14-6-8-3-4-15-7-8/h1-2,5,8,14H,3-4,6-7H2. The van der Waals surface area contributed by atoms with E-state index in [4.69, 9.17) is 0 Å². The van der Waals surface area contributed by atoms with Crippen molar-refractivity contribution in [3.05, 3.63) is 28.5 Å². The van der Waals surface area contributed by atoms with E-state index in [1.54, 1.807) is 6.07 Å². The molecule has 0 bridgehead atoms. The van der Waals surface area contributed by atoms with E-state index >= 15 is 0 Å². The summed E-state index contributed by atoms with van der Waals surface area (Å²) < 4.78 is 14.2. The summed E-state index contributed by atoms with van der Waals surface area (Å²) in [5, 5.41) is 3.17. The zero-order valence-electron chi connectivity index (χ0n) is 8.30. The molecule has 15 heavy (non-hydrogen) atoms. The highest BCUT2D eigenvalue weighted by atomic mass is 79.9. The predicted molar refractivity (Wildman–Crippen MR) is 68.0 cm³/mol. The van der Waals surface area contributed by atoms with Gasteiger partial charge in [-0.05, 0) is 42.0 Å². The van der Waals surface area contributed by atoms with Crippen LogP contribution >= 0.6 is 27.7 Å². The van der Waals surface area contributed by atoms with E-state index in [0.717, 1.165) is 11.0 Å². The predicted octanol–water partition coefficient (Wildman–Crippen LogP) is 3.75. The van der Waals surface area contributed by atoms with Crippen LogP contribution in [-0.2, 0) is 0 Å². The Morgan fingerprint density at radius 1 is 1.53 bits per heavy atom. The van der Waals surface area contributed by atoms with Gasteiger partial charge in [-0.15, -0.1) is 0 Å². The summed E-state index contributed by atoms with van der Waals surface area (Å²) in [5.41, 5.74) is 0.607. The van der Waals surface area contributed by atoms with Crippen LogP contribution in [0.4, 0.5) is 10.1 Å². The molecule has 4 heteroatoms. The summed E-state index contributed by atoms with van der Waals surface area (Å²) in [5.74, 6) is 2.95. The molecule has 1 unspecified atom stereocenters. The molecule has 2 rings (SSSR count). The zero-order chi connectivity index (χ0) is 10.7. The van der Waals surface area contributed by atoms with Gasteiger partial charge in [0.2, 0.25) is 0 Å². The van der Waals surface area contributed by atoms with Crippen molar-refractivity contribution in [2.24, 2.45) is 5.92 Å².